The van der Waals surface area contributed by atoms with Gasteiger partial charge in [0.05, 0.1) is 11.5 Å². The van der Waals surface area contributed by atoms with Crippen molar-refractivity contribution in [3.63, 3.8) is 0 Å². The Hall–Kier alpha value is -2.29. The number of hydrogen-bond donors (Lipinski definition) is 1. The summed E-state index contributed by atoms with van der Waals surface area (Å²) in [6, 6.07) is 14.2. The Kier molecular flexibility index (Phi) is 3.65. The molecule has 0 aliphatic heterocycles. The molecule has 0 spiro atoms. The smallest absolute Gasteiger partial charge is 0.313 e. The van der Waals surface area contributed by atoms with Crippen LogP contribution in [-0.4, -0.2) is 15.6 Å². The van der Waals surface area contributed by atoms with Gasteiger partial charge in [0.25, 0.3) is 0 Å². The summed E-state index contributed by atoms with van der Waals surface area (Å²) < 4.78 is 2.23. The molecular weight excluding hydrogens is 274 g/mol. The summed E-state index contributed by atoms with van der Waals surface area (Å²) in [7, 11) is 0. The molecule has 0 saturated carbocycles. The minimum Gasteiger partial charge on any atom is -0.481 e. The van der Waals surface area contributed by atoms with E-state index in [1.165, 1.54) is 11.4 Å². The molecule has 1 aromatic heterocycles. The number of aromatic nitrogens is 1. The van der Waals surface area contributed by atoms with Crippen LogP contribution in [0.25, 0.3) is 0 Å². The topological polar surface area (TPSA) is 42.2 Å². The average Bonchev–Trinajstić information content (AvgIpc) is 3.05. The van der Waals surface area contributed by atoms with Gasteiger partial charge in [-0.1, -0.05) is 42.5 Å². The first-order valence-corrected chi connectivity index (χ1v) is 7.63. The second-order valence-electron chi connectivity index (χ2n) is 6.24. The first-order valence-electron chi connectivity index (χ1n) is 7.63. The summed E-state index contributed by atoms with van der Waals surface area (Å²) in [4.78, 5) is 12.0. The Morgan fingerprint density at radius 3 is 2.41 bits per heavy atom. The summed E-state index contributed by atoms with van der Waals surface area (Å²) in [5.74, 6) is -0.738. The van der Waals surface area contributed by atoms with Gasteiger partial charge in [-0.25, -0.2) is 0 Å². The number of aliphatic carboxylic acids is 1. The van der Waals surface area contributed by atoms with Crippen LogP contribution in [0.1, 0.15) is 29.4 Å². The van der Waals surface area contributed by atoms with Crippen molar-refractivity contribution in [2.24, 2.45) is 5.41 Å². The molecule has 1 unspecified atom stereocenters. The van der Waals surface area contributed by atoms with Crippen LogP contribution in [-0.2, 0) is 11.2 Å². The standard InChI is InChI=1S/C19H21NO2/c1-14-8-9-15(2)20(14)17-10-11-19(13-17,18(21)22)12-16-6-4-3-5-7-16/h3-11,17H,12-13H2,1-2H3,(H,21,22)/t17-,19?/m1/s1. The monoisotopic (exact) mass is 295 g/mol. The first kappa shape index (κ1) is 14.6. The van der Waals surface area contributed by atoms with Crippen LogP contribution in [0.4, 0.5) is 0 Å². The molecule has 1 N–H and O–H groups in total. The molecule has 1 aliphatic carbocycles. The number of carboxylic acids is 1. The number of benzene rings is 1. The SMILES string of the molecule is Cc1ccc(C)n1[C@@H]1C=CC(Cc2ccccc2)(C(=O)O)C1. The number of rotatable bonds is 4. The van der Waals surface area contributed by atoms with Gasteiger partial charge in [-0.05, 0) is 44.4 Å². The van der Waals surface area contributed by atoms with E-state index < -0.39 is 11.4 Å². The highest BCUT2D eigenvalue weighted by atomic mass is 16.4. The van der Waals surface area contributed by atoms with Crippen LogP contribution in [0, 0.1) is 19.3 Å². The maximum Gasteiger partial charge on any atom is 0.313 e. The van der Waals surface area contributed by atoms with Crippen molar-refractivity contribution in [3.05, 3.63) is 71.6 Å². The zero-order valence-corrected chi connectivity index (χ0v) is 13.0. The number of carboxylic acid groups (broad SMARTS) is 1. The van der Waals surface area contributed by atoms with Crippen molar-refractivity contribution in [3.8, 4) is 0 Å². The van der Waals surface area contributed by atoms with Crippen molar-refractivity contribution in [2.45, 2.75) is 32.7 Å². The quantitative estimate of drug-likeness (QED) is 0.869. The van der Waals surface area contributed by atoms with E-state index in [0.717, 1.165) is 5.56 Å². The molecule has 1 aromatic carbocycles. The molecule has 1 heterocycles. The van der Waals surface area contributed by atoms with E-state index in [-0.39, 0.29) is 6.04 Å². The Labute approximate surface area is 130 Å². The fourth-order valence-corrected chi connectivity index (χ4v) is 3.51. The minimum atomic E-state index is -0.810. The Morgan fingerprint density at radius 2 is 1.82 bits per heavy atom. The van der Waals surface area contributed by atoms with Gasteiger partial charge in [0.15, 0.2) is 0 Å². The normalized spacial score (nSPS) is 23.8. The molecule has 3 rings (SSSR count). The molecule has 1 aliphatic rings. The molecular formula is C19H21NO2. The number of allylic oxidation sites excluding steroid dienone is 1. The van der Waals surface area contributed by atoms with E-state index in [2.05, 4.69) is 36.6 Å². The zero-order valence-electron chi connectivity index (χ0n) is 13.0. The zero-order chi connectivity index (χ0) is 15.7. The average molecular weight is 295 g/mol. The first-order chi connectivity index (χ1) is 10.5. The van der Waals surface area contributed by atoms with Crippen LogP contribution in [0.2, 0.25) is 0 Å². The molecule has 0 fully saturated rings. The van der Waals surface area contributed by atoms with Gasteiger partial charge in [-0.3, -0.25) is 4.79 Å². The lowest BCUT2D eigenvalue weighted by molar-refractivity contribution is -0.146. The highest BCUT2D eigenvalue weighted by Gasteiger charge is 2.42. The summed E-state index contributed by atoms with van der Waals surface area (Å²) >= 11 is 0. The highest BCUT2D eigenvalue weighted by molar-refractivity contribution is 5.78. The fraction of sp³-hybridized carbons (Fsp3) is 0.316. The van der Waals surface area contributed by atoms with Crippen LogP contribution in [0.5, 0.6) is 0 Å². The summed E-state index contributed by atoms with van der Waals surface area (Å²) in [5, 5.41) is 9.82. The molecule has 2 aromatic rings. The van der Waals surface area contributed by atoms with Gasteiger partial charge in [0, 0.05) is 11.4 Å². The van der Waals surface area contributed by atoms with Crippen LogP contribution < -0.4 is 0 Å². The van der Waals surface area contributed by atoms with Crippen molar-refractivity contribution in [2.75, 3.05) is 0 Å². The predicted molar refractivity (Wildman–Crippen MR) is 86.9 cm³/mol. The molecule has 3 heteroatoms. The molecule has 0 radical (unpaired) electrons. The number of carbonyl (C=O) groups is 1. The second-order valence-corrected chi connectivity index (χ2v) is 6.24. The van der Waals surface area contributed by atoms with Crippen molar-refractivity contribution < 1.29 is 9.90 Å². The minimum absolute atomic E-state index is 0.120. The van der Waals surface area contributed by atoms with Gasteiger partial charge >= 0.3 is 5.97 Å². The summed E-state index contributed by atoms with van der Waals surface area (Å²) in [6.07, 6.45) is 5.09. The summed E-state index contributed by atoms with van der Waals surface area (Å²) in [5.41, 5.74) is 2.60. The largest absolute Gasteiger partial charge is 0.481 e. The Morgan fingerprint density at radius 1 is 1.18 bits per heavy atom. The van der Waals surface area contributed by atoms with E-state index in [0.29, 0.717) is 12.8 Å². The van der Waals surface area contributed by atoms with E-state index in [9.17, 15) is 9.90 Å². The van der Waals surface area contributed by atoms with Gasteiger partial charge in [-0.15, -0.1) is 0 Å². The lowest BCUT2D eigenvalue weighted by atomic mass is 9.80. The molecule has 0 amide bonds. The van der Waals surface area contributed by atoms with Crippen molar-refractivity contribution in [1.29, 1.82) is 0 Å². The van der Waals surface area contributed by atoms with Crippen molar-refractivity contribution in [1.82, 2.24) is 4.57 Å². The molecule has 2 atom stereocenters. The lowest BCUT2D eigenvalue weighted by Crippen LogP contribution is -2.31. The van der Waals surface area contributed by atoms with Gasteiger partial charge in [0.2, 0.25) is 0 Å². The van der Waals surface area contributed by atoms with Crippen LogP contribution >= 0.6 is 0 Å². The molecule has 22 heavy (non-hydrogen) atoms. The number of nitrogens with zero attached hydrogens (tertiary/aromatic N) is 1. The van der Waals surface area contributed by atoms with Crippen LogP contribution in [0.3, 0.4) is 0 Å². The summed E-state index contributed by atoms with van der Waals surface area (Å²) in [6.45, 7) is 4.14. The third-order valence-electron chi connectivity index (χ3n) is 4.66. The number of hydrogen-bond acceptors (Lipinski definition) is 1. The highest BCUT2D eigenvalue weighted by Crippen LogP contribution is 2.42. The van der Waals surface area contributed by atoms with Gasteiger partial charge < -0.3 is 9.67 Å². The predicted octanol–water partition coefficient (Wildman–Crippen LogP) is 3.92. The number of aryl methyl sites for hydroxylation is 2. The maximum absolute atomic E-state index is 12.0. The molecule has 0 bridgehead atoms. The molecule has 3 nitrogen and oxygen atoms in total. The molecule has 0 saturated heterocycles. The lowest BCUT2D eigenvalue weighted by Gasteiger charge is -2.25. The molecule has 114 valence electrons. The Bertz CT molecular complexity index is 695. The third kappa shape index (κ3) is 2.47. The van der Waals surface area contributed by atoms with Gasteiger partial charge in [0.1, 0.15) is 0 Å². The van der Waals surface area contributed by atoms with Crippen molar-refractivity contribution >= 4 is 5.97 Å². The second kappa shape index (κ2) is 5.48. The van der Waals surface area contributed by atoms with E-state index in [1.807, 2.05) is 36.4 Å². The third-order valence-corrected chi connectivity index (χ3v) is 4.66. The maximum atomic E-state index is 12.0. The van der Waals surface area contributed by atoms with E-state index >= 15 is 0 Å². The Balaban J connectivity index is 1.89. The van der Waals surface area contributed by atoms with E-state index in [1.54, 1.807) is 0 Å². The van der Waals surface area contributed by atoms with E-state index in [4.69, 9.17) is 0 Å². The fourth-order valence-electron chi connectivity index (χ4n) is 3.51. The van der Waals surface area contributed by atoms with Crippen LogP contribution in [0.15, 0.2) is 54.6 Å². The van der Waals surface area contributed by atoms with Gasteiger partial charge in [-0.2, -0.15) is 0 Å².